The minimum Gasteiger partial charge on any atom is -0.380 e. The number of hydrogen-bond acceptors (Lipinski definition) is 3. The first-order chi connectivity index (χ1) is 9.58. The van der Waals surface area contributed by atoms with Crippen molar-refractivity contribution in [3.05, 3.63) is 33.3 Å². The van der Waals surface area contributed by atoms with Crippen molar-refractivity contribution in [3.63, 3.8) is 0 Å². The van der Waals surface area contributed by atoms with Crippen molar-refractivity contribution in [1.29, 1.82) is 0 Å². The van der Waals surface area contributed by atoms with E-state index < -0.39 is 0 Å². The zero-order valence-electron chi connectivity index (χ0n) is 12.2. The molecule has 1 atom stereocenters. The van der Waals surface area contributed by atoms with Gasteiger partial charge in [-0.1, -0.05) is 40.5 Å². The van der Waals surface area contributed by atoms with Crippen molar-refractivity contribution in [1.82, 2.24) is 4.90 Å². The van der Waals surface area contributed by atoms with Crippen LogP contribution in [-0.2, 0) is 4.74 Å². The molecule has 0 amide bonds. The van der Waals surface area contributed by atoms with Crippen LogP contribution in [0.2, 0.25) is 5.02 Å². The molecule has 0 saturated heterocycles. The van der Waals surface area contributed by atoms with Gasteiger partial charge in [0.15, 0.2) is 0 Å². The van der Waals surface area contributed by atoms with E-state index in [9.17, 15) is 0 Å². The SMILES string of the molecule is CCOCCN(CC)CCC(N)c1ccc(Br)cc1Cl. The molecule has 0 aliphatic rings. The predicted molar refractivity (Wildman–Crippen MR) is 89.3 cm³/mol. The zero-order valence-corrected chi connectivity index (χ0v) is 14.6. The molecule has 0 aromatic heterocycles. The van der Waals surface area contributed by atoms with Gasteiger partial charge in [-0.25, -0.2) is 0 Å². The Hall–Kier alpha value is -0.130. The van der Waals surface area contributed by atoms with Gasteiger partial charge >= 0.3 is 0 Å². The van der Waals surface area contributed by atoms with Crippen molar-refractivity contribution >= 4 is 27.5 Å². The van der Waals surface area contributed by atoms with Crippen LogP contribution in [0.3, 0.4) is 0 Å². The highest BCUT2D eigenvalue weighted by Gasteiger charge is 2.12. The summed E-state index contributed by atoms with van der Waals surface area (Å²) in [5, 5.41) is 0.726. The number of rotatable bonds is 9. The van der Waals surface area contributed by atoms with Gasteiger partial charge in [-0.3, -0.25) is 0 Å². The number of ether oxygens (including phenoxy) is 1. The van der Waals surface area contributed by atoms with Gasteiger partial charge in [0.05, 0.1) is 6.61 Å². The largest absolute Gasteiger partial charge is 0.380 e. The maximum atomic E-state index is 6.25. The molecule has 1 rings (SSSR count). The van der Waals surface area contributed by atoms with Crippen LogP contribution in [0.1, 0.15) is 31.9 Å². The monoisotopic (exact) mass is 362 g/mol. The Balaban J connectivity index is 2.46. The second-order valence-corrected chi connectivity index (χ2v) is 6.02. The summed E-state index contributed by atoms with van der Waals surface area (Å²) in [5.74, 6) is 0. The van der Waals surface area contributed by atoms with Crippen molar-refractivity contribution < 1.29 is 4.74 Å². The smallest absolute Gasteiger partial charge is 0.0593 e. The highest BCUT2D eigenvalue weighted by molar-refractivity contribution is 9.10. The first-order valence-electron chi connectivity index (χ1n) is 7.09. The molecule has 0 bridgehead atoms. The van der Waals surface area contributed by atoms with Gasteiger partial charge in [-0.15, -0.1) is 0 Å². The van der Waals surface area contributed by atoms with Gasteiger partial charge < -0.3 is 15.4 Å². The Morgan fingerprint density at radius 2 is 2.10 bits per heavy atom. The Kier molecular flexibility index (Phi) is 8.73. The average molecular weight is 364 g/mol. The lowest BCUT2D eigenvalue weighted by Gasteiger charge is -2.22. The molecular weight excluding hydrogens is 340 g/mol. The number of likely N-dealkylation sites (N-methyl/N-ethyl adjacent to an activating group) is 1. The molecule has 1 unspecified atom stereocenters. The summed E-state index contributed by atoms with van der Waals surface area (Å²) in [6.07, 6.45) is 0.890. The van der Waals surface area contributed by atoms with E-state index in [1.54, 1.807) is 0 Å². The summed E-state index contributed by atoms with van der Waals surface area (Å²) < 4.78 is 6.37. The standard InChI is InChI=1S/C15H24BrClN2O/c1-3-19(9-10-20-4-2)8-7-15(18)13-6-5-12(16)11-14(13)17/h5-6,11,15H,3-4,7-10,18H2,1-2H3. The van der Waals surface area contributed by atoms with Crippen LogP contribution < -0.4 is 5.73 Å². The number of benzene rings is 1. The molecule has 0 spiro atoms. The molecule has 114 valence electrons. The van der Waals surface area contributed by atoms with E-state index in [1.165, 1.54) is 0 Å². The summed E-state index contributed by atoms with van der Waals surface area (Å²) in [5.41, 5.74) is 7.26. The van der Waals surface area contributed by atoms with Crippen LogP contribution in [0.4, 0.5) is 0 Å². The van der Waals surface area contributed by atoms with Crippen LogP contribution in [0.25, 0.3) is 0 Å². The maximum absolute atomic E-state index is 6.25. The van der Waals surface area contributed by atoms with E-state index in [1.807, 2.05) is 25.1 Å². The number of nitrogens with two attached hydrogens (primary N) is 1. The third-order valence-electron chi connectivity index (χ3n) is 3.32. The van der Waals surface area contributed by atoms with E-state index >= 15 is 0 Å². The Morgan fingerprint density at radius 1 is 1.35 bits per heavy atom. The van der Waals surface area contributed by atoms with E-state index in [4.69, 9.17) is 22.1 Å². The summed E-state index contributed by atoms with van der Waals surface area (Å²) >= 11 is 9.64. The third-order valence-corrected chi connectivity index (χ3v) is 4.14. The summed E-state index contributed by atoms with van der Waals surface area (Å²) in [7, 11) is 0. The normalized spacial score (nSPS) is 12.9. The molecule has 0 aliphatic heterocycles. The molecule has 2 N–H and O–H groups in total. The topological polar surface area (TPSA) is 38.5 Å². The molecule has 5 heteroatoms. The fraction of sp³-hybridized carbons (Fsp3) is 0.600. The first kappa shape index (κ1) is 17.9. The van der Waals surface area contributed by atoms with E-state index in [2.05, 4.69) is 27.8 Å². The number of nitrogens with zero attached hydrogens (tertiary/aromatic N) is 1. The first-order valence-corrected chi connectivity index (χ1v) is 8.26. The van der Waals surface area contributed by atoms with Gasteiger partial charge in [0.2, 0.25) is 0 Å². The fourth-order valence-corrected chi connectivity index (χ4v) is 2.86. The second-order valence-electron chi connectivity index (χ2n) is 4.69. The van der Waals surface area contributed by atoms with Crippen molar-refractivity contribution in [2.75, 3.05) is 32.8 Å². The van der Waals surface area contributed by atoms with Crippen LogP contribution in [-0.4, -0.2) is 37.7 Å². The number of halogens is 2. The molecule has 3 nitrogen and oxygen atoms in total. The van der Waals surface area contributed by atoms with E-state index in [0.717, 1.165) is 54.3 Å². The fourth-order valence-electron chi connectivity index (χ4n) is 2.05. The van der Waals surface area contributed by atoms with E-state index in [0.29, 0.717) is 0 Å². The van der Waals surface area contributed by atoms with Gasteiger partial charge in [0, 0.05) is 35.2 Å². The maximum Gasteiger partial charge on any atom is 0.0593 e. The lowest BCUT2D eigenvalue weighted by molar-refractivity contribution is 0.114. The Morgan fingerprint density at radius 3 is 2.70 bits per heavy atom. The molecule has 0 aliphatic carbocycles. The average Bonchev–Trinajstić information content (AvgIpc) is 2.42. The summed E-state index contributed by atoms with van der Waals surface area (Å²) in [6, 6.07) is 5.84. The van der Waals surface area contributed by atoms with Crippen molar-refractivity contribution in [2.45, 2.75) is 26.3 Å². The van der Waals surface area contributed by atoms with Gasteiger partial charge in [-0.05, 0) is 37.6 Å². The van der Waals surface area contributed by atoms with Crippen LogP contribution in [0.5, 0.6) is 0 Å². The summed E-state index contributed by atoms with van der Waals surface area (Å²) in [6.45, 7) is 8.63. The zero-order chi connectivity index (χ0) is 15.0. The quantitative estimate of drug-likeness (QED) is 0.677. The molecule has 0 saturated carbocycles. The Labute approximate surface area is 135 Å². The predicted octanol–water partition coefficient (Wildman–Crippen LogP) is 3.85. The third kappa shape index (κ3) is 6.10. The molecule has 1 aromatic rings. The van der Waals surface area contributed by atoms with Gasteiger partial charge in [0.1, 0.15) is 0 Å². The van der Waals surface area contributed by atoms with Crippen LogP contribution in [0.15, 0.2) is 22.7 Å². The Bertz CT molecular complexity index is 403. The highest BCUT2D eigenvalue weighted by Crippen LogP contribution is 2.26. The lowest BCUT2D eigenvalue weighted by Crippen LogP contribution is -2.30. The van der Waals surface area contributed by atoms with Gasteiger partial charge in [-0.2, -0.15) is 0 Å². The molecular formula is C15H24BrClN2O. The van der Waals surface area contributed by atoms with Gasteiger partial charge in [0.25, 0.3) is 0 Å². The van der Waals surface area contributed by atoms with Crippen LogP contribution >= 0.6 is 27.5 Å². The van der Waals surface area contributed by atoms with Crippen molar-refractivity contribution in [3.8, 4) is 0 Å². The molecule has 0 fully saturated rings. The number of hydrogen-bond donors (Lipinski definition) is 1. The second kappa shape index (κ2) is 9.74. The molecule has 0 radical (unpaired) electrons. The lowest BCUT2D eigenvalue weighted by atomic mass is 10.0. The van der Waals surface area contributed by atoms with E-state index in [-0.39, 0.29) is 6.04 Å². The van der Waals surface area contributed by atoms with Crippen molar-refractivity contribution in [2.24, 2.45) is 5.73 Å². The molecule has 0 heterocycles. The minimum atomic E-state index is -0.0308. The molecule has 20 heavy (non-hydrogen) atoms. The van der Waals surface area contributed by atoms with Crippen LogP contribution in [0, 0.1) is 0 Å². The minimum absolute atomic E-state index is 0.0308. The summed E-state index contributed by atoms with van der Waals surface area (Å²) in [4.78, 5) is 2.35. The molecule has 1 aromatic carbocycles. The highest BCUT2D eigenvalue weighted by atomic mass is 79.9.